The topological polar surface area (TPSA) is 70.7 Å². The normalized spacial score (nSPS) is 11.1. The number of halogens is 1. The van der Waals surface area contributed by atoms with E-state index in [0.717, 1.165) is 28.1 Å². The molecule has 0 aliphatic heterocycles. The van der Waals surface area contributed by atoms with Crippen molar-refractivity contribution in [3.05, 3.63) is 95.5 Å². The van der Waals surface area contributed by atoms with Gasteiger partial charge >= 0.3 is 0 Å². The summed E-state index contributed by atoms with van der Waals surface area (Å²) in [5.41, 5.74) is 4.34. The van der Waals surface area contributed by atoms with Gasteiger partial charge in [-0.25, -0.2) is 9.97 Å². The first-order valence-corrected chi connectivity index (χ1v) is 9.41. The van der Waals surface area contributed by atoms with Crippen LogP contribution >= 0.6 is 11.6 Å². The summed E-state index contributed by atoms with van der Waals surface area (Å²) >= 11 is 6.01. The quantitative estimate of drug-likeness (QED) is 0.391. The average Bonchev–Trinajstić information content (AvgIpc) is 2.76. The number of nitrogens with zero attached hydrogens (tertiary/aromatic N) is 4. The van der Waals surface area contributed by atoms with Crippen LogP contribution in [0.15, 0.2) is 95.2 Å². The predicted molar refractivity (Wildman–Crippen MR) is 114 cm³/mol. The second-order valence-corrected chi connectivity index (χ2v) is 6.81. The molecule has 1 heterocycles. The van der Waals surface area contributed by atoms with E-state index in [1.807, 2.05) is 60.7 Å². The minimum absolute atomic E-state index is 0.220. The van der Waals surface area contributed by atoms with E-state index in [0.29, 0.717) is 11.6 Å². The van der Waals surface area contributed by atoms with Crippen LogP contribution in [0, 0.1) is 0 Å². The Balaban J connectivity index is 1.68. The third kappa shape index (κ3) is 4.83. The van der Waals surface area contributed by atoms with Gasteiger partial charge in [-0.05, 0) is 35.9 Å². The Labute approximate surface area is 173 Å². The number of hydrogen-bond donors (Lipinski definition) is 1. The minimum atomic E-state index is 0.220. The molecule has 0 bridgehead atoms. The number of hydrogen-bond acceptors (Lipinski definition) is 5. The molecule has 0 amide bonds. The summed E-state index contributed by atoms with van der Waals surface area (Å²) in [7, 11) is 0. The maximum atomic E-state index is 9.37. The molecule has 29 heavy (non-hydrogen) atoms. The zero-order chi connectivity index (χ0) is 20.1. The van der Waals surface area contributed by atoms with Gasteiger partial charge in [0.05, 0.1) is 17.9 Å². The maximum absolute atomic E-state index is 9.37. The smallest absolute Gasteiger partial charge is 0.269 e. The first-order valence-electron chi connectivity index (χ1n) is 9.03. The van der Waals surface area contributed by atoms with Crippen LogP contribution in [-0.4, -0.2) is 15.1 Å². The number of azo groups is 1. The van der Waals surface area contributed by atoms with Crippen molar-refractivity contribution in [3.63, 3.8) is 0 Å². The summed E-state index contributed by atoms with van der Waals surface area (Å²) in [6.45, 7) is 0.371. The molecule has 0 unspecified atom stereocenters. The maximum Gasteiger partial charge on any atom is 0.269 e. The van der Waals surface area contributed by atoms with Crippen molar-refractivity contribution >= 4 is 17.5 Å². The first-order chi connectivity index (χ1) is 14.2. The Morgan fingerprint density at radius 2 is 1.38 bits per heavy atom. The van der Waals surface area contributed by atoms with Crippen LogP contribution < -0.4 is 0 Å². The molecule has 3 aromatic carbocycles. The number of benzene rings is 3. The average molecular weight is 401 g/mol. The molecule has 5 nitrogen and oxygen atoms in total. The van der Waals surface area contributed by atoms with E-state index in [9.17, 15) is 5.11 Å². The lowest BCUT2D eigenvalue weighted by Crippen LogP contribution is -1.91. The van der Waals surface area contributed by atoms with E-state index in [4.69, 9.17) is 11.6 Å². The lowest BCUT2D eigenvalue weighted by molar-refractivity contribution is 0.475. The Kier molecular flexibility index (Phi) is 5.59. The zero-order valence-corrected chi connectivity index (χ0v) is 16.2. The number of rotatable bonds is 5. The molecule has 1 aromatic heterocycles. The largest absolute Gasteiger partial charge is 0.508 e. The van der Waals surface area contributed by atoms with Crippen molar-refractivity contribution in [2.45, 2.75) is 6.54 Å². The second kappa shape index (κ2) is 8.63. The molecule has 142 valence electrons. The highest BCUT2D eigenvalue weighted by Crippen LogP contribution is 2.27. The monoisotopic (exact) mass is 400 g/mol. The van der Waals surface area contributed by atoms with Crippen molar-refractivity contribution < 1.29 is 5.11 Å². The van der Waals surface area contributed by atoms with Gasteiger partial charge in [0.25, 0.3) is 5.95 Å². The van der Waals surface area contributed by atoms with Crippen molar-refractivity contribution in [2.24, 2.45) is 10.2 Å². The van der Waals surface area contributed by atoms with Gasteiger partial charge in [0, 0.05) is 16.1 Å². The summed E-state index contributed by atoms with van der Waals surface area (Å²) in [6, 6.07) is 26.1. The molecule has 4 aromatic rings. The van der Waals surface area contributed by atoms with Crippen molar-refractivity contribution in [1.29, 1.82) is 0 Å². The lowest BCUT2D eigenvalue weighted by atomic mass is 10.1. The van der Waals surface area contributed by atoms with Crippen molar-refractivity contribution in [3.8, 4) is 28.3 Å². The van der Waals surface area contributed by atoms with E-state index in [1.54, 1.807) is 24.3 Å². The van der Waals surface area contributed by atoms with E-state index in [2.05, 4.69) is 20.2 Å². The molecule has 1 N–H and O–H groups in total. The molecule has 0 radical (unpaired) electrons. The van der Waals surface area contributed by atoms with Gasteiger partial charge in [-0.15, -0.1) is 5.11 Å². The first kappa shape index (κ1) is 18.8. The van der Waals surface area contributed by atoms with E-state index in [-0.39, 0.29) is 11.7 Å². The van der Waals surface area contributed by atoms with Crippen molar-refractivity contribution in [2.75, 3.05) is 0 Å². The third-order valence-corrected chi connectivity index (χ3v) is 4.53. The summed E-state index contributed by atoms with van der Waals surface area (Å²) in [4.78, 5) is 9.10. The fourth-order valence-corrected chi connectivity index (χ4v) is 2.91. The molecule has 4 rings (SSSR count). The molecule has 0 atom stereocenters. The standard InChI is InChI=1S/C23H17ClN4O/c24-19-10-8-18(9-11-19)22-14-21(17-4-2-1-3-5-17)26-23(27-22)28-25-15-16-6-12-20(29)13-7-16/h1-14,29H,15H2. The third-order valence-electron chi connectivity index (χ3n) is 4.27. The Morgan fingerprint density at radius 3 is 2.03 bits per heavy atom. The van der Waals surface area contributed by atoms with Crippen LogP contribution in [0.1, 0.15) is 5.56 Å². The fourth-order valence-electron chi connectivity index (χ4n) is 2.79. The van der Waals surface area contributed by atoms with Crippen LogP contribution in [-0.2, 0) is 6.54 Å². The van der Waals surface area contributed by atoms with E-state index in [1.165, 1.54) is 0 Å². The Morgan fingerprint density at radius 1 is 0.759 bits per heavy atom. The molecule has 0 saturated carbocycles. The van der Waals surface area contributed by atoms with Gasteiger partial charge in [0.2, 0.25) is 0 Å². The molecule has 6 heteroatoms. The van der Waals surface area contributed by atoms with Gasteiger partial charge in [-0.1, -0.05) is 66.2 Å². The summed E-state index contributed by atoms with van der Waals surface area (Å²) in [5.74, 6) is 0.507. The summed E-state index contributed by atoms with van der Waals surface area (Å²) in [6.07, 6.45) is 0. The number of phenolic OH excluding ortho intramolecular Hbond substituents is 1. The Hall–Kier alpha value is -3.57. The highest BCUT2D eigenvalue weighted by molar-refractivity contribution is 6.30. The highest BCUT2D eigenvalue weighted by Gasteiger charge is 2.08. The molecule has 0 fully saturated rings. The van der Waals surface area contributed by atoms with Crippen LogP contribution in [0.4, 0.5) is 5.95 Å². The van der Waals surface area contributed by atoms with Gasteiger partial charge < -0.3 is 5.11 Å². The van der Waals surface area contributed by atoms with Crippen LogP contribution in [0.2, 0.25) is 5.02 Å². The molecule has 0 saturated heterocycles. The van der Waals surface area contributed by atoms with Gasteiger partial charge in [0.15, 0.2) is 0 Å². The van der Waals surface area contributed by atoms with Crippen LogP contribution in [0.3, 0.4) is 0 Å². The number of aromatic hydroxyl groups is 1. The van der Waals surface area contributed by atoms with Gasteiger partial charge in [0.1, 0.15) is 5.75 Å². The van der Waals surface area contributed by atoms with Gasteiger partial charge in [-0.3, -0.25) is 0 Å². The molecule has 0 aliphatic carbocycles. The molecular weight excluding hydrogens is 384 g/mol. The highest BCUT2D eigenvalue weighted by atomic mass is 35.5. The second-order valence-electron chi connectivity index (χ2n) is 6.38. The van der Waals surface area contributed by atoms with E-state index >= 15 is 0 Å². The lowest BCUT2D eigenvalue weighted by Gasteiger charge is -2.06. The Bertz CT molecular complexity index is 1130. The van der Waals surface area contributed by atoms with Crippen LogP contribution in [0.25, 0.3) is 22.5 Å². The van der Waals surface area contributed by atoms with Crippen molar-refractivity contribution in [1.82, 2.24) is 9.97 Å². The van der Waals surface area contributed by atoms with E-state index < -0.39 is 0 Å². The minimum Gasteiger partial charge on any atom is -0.508 e. The molecular formula is C23H17ClN4O. The SMILES string of the molecule is Oc1ccc(CN=Nc2nc(-c3ccccc3)cc(-c3ccc(Cl)cc3)n2)cc1. The predicted octanol–water partition coefficient (Wildman–Crippen LogP) is 6.45. The van der Waals surface area contributed by atoms with Crippen LogP contribution in [0.5, 0.6) is 5.75 Å². The fraction of sp³-hybridized carbons (Fsp3) is 0.0435. The molecule has 0 aliphatic rings. The number of aromatic nitrogens is 2. The molecule has 0 spiro atoms. The zero-order valence-electron chi connectivity index (χ0n) is 15.4. The summed E-state index contributed by atoms with van der Waals surface area (Å²) in [5, 5.41) is 18.5. The number of phenols is 1. The van der Waals surface area contributed by atoms with Gasteiger partial charge in [-0.2, -0.15) is 5.11 Å². The summed E-state index contributed by atoms with van der Waals surface area (Å²) < 4.78 is 0.